The van der Waals surface area contributed by atoms with Gasteiger partial charge in [0.15, 0.2) is 0 Å². The fraction of sp³-hybridized carbons (Fsp3) is 0.571. The quantitative estimate of drug-likeness (QED) is 0.879. The second kappa shape index (κ2) is 4.21. The fourth-order valence-electron chi connectivity index (χ4n) is 2.98. The van der Waals surface area contributed by atoms with Gasteiger partial charge in [-0.2, -0.15) is 0 Å². The number of hydrogen-bond donors (Lipinski definition) is 1. The summed E-state index contributed by atoms with van der Waals surface area (Å²) in [5, 5.41) is 10.1. The molecule has 0 aromatic heterocycles. The van der Waals surface area contributed by atoms with Crippen molar-refractivity contribution in [3.63, 3.8) is 0 Å². The molecule has 1 aromatic carbocycles. The van der Waals surface area contributed by atoms with Crippen LogP contribution in [0.5, 0.6) is 5.75 Å². The molecule has 2 aliphatic rings. The van der Waals surface area contributed by atoms with Gasteiger partial charge >= 0.3 is 0 Å². The molecule has 1 N–H and O–H groups in total. The number of ether oxygens (including phenoxy) is 2. The minimum Gasteiger partial charge on any atom is -0.486 e. The van der Waals surface area contributed by atoms with Gasteiger partial charge in [0.2, 0.25) is 0 Å². The summed E-state index contributed by atoms with van der Waals surface area (Å²) in [5.74, 6) is 0.141. The summed E-state index contributed by atoms with van der Waals surface area (Å²) in [4.78, 5) is 0. The van der Waals surface area contributed by atoms with Gasteiger partial charge < -0.3 is 14.6 Å². The van der Waals surface area contributed by atoms with E-state index in [2.05, 4.69) is 0 Å². The van der Waals surface area contributed by atoms with Crippen molar-refractivity contribution < 1.29 is 19.0 Å². The predicted molar refractivity (Wildman–Crippen MR) is 64.0 cm³/mol. The van der Waals surface area contributed by atoms with Crippen molar-refractivity contribution in [2.45, 2.75) is 44.0 Å². The molecule has 1 aromatic rings. The largest absolute Gasteiger partial charge is 0.486 e. The number of aliphatic hydroxyl groups excluding tert-OH is 1. The molecule has 1 fully saturated rings. The zero-order valence-electron chi connectivity index (χ0n) is 10.4. The third kappa shape index (κ3) is 1.89. The average Bonchev–Trinajstić information content (AvgIpc) is 2.26. The Morgan fingerprint density at radius 2 is 2.22 bits per heavy atom. The van der Waals surface area contributed by atoms with Gasteiger partial charge in [-0.3, -0.25) is 0 Å². The van der Waals surface area contributed by atoms with Gasteiger partial charge in [-0.15, -0.1) is 0 Å². The monoisotopic (exact) mass is 252 g/mol. The van der Waals surface area contributed by atoms with E-state index in [1.807, 2.05) is 6.92 Å². The van der Waals surface area contributed by atoms with Gasteiger partial charge in [-0.1, -0.05) is 0 Å². The van der Waals surface area contributed by atoms with Gasteiger partial charge in [0, 0.05) is 37.5 Å². The zero-order valence-corrected chi connectivity index (χ0v) is 10.4. The highest BCUT2D eigenvalue weighted by molar-refractivity contribution is 5.39. The van der Waals surface area contributed by atoms with Crippen LogP contribution in [-0.4, -0.2) is 23.4 Å². The van der Waals surface area contributed by atoms with Crippen LogP contribution in [0.4, 0.5) is 4.39 Å². The summed E-state index contributed by atoms with van der Waals surface area (Å²) < 4.78 is 24.6. The summed E-state index contributed by atoms with van der Waals surface area (Å²) in [6, 6.07) is 4.31. The highest BCUT2D eigenvalue weighted by Crippen LogP contribution is 2.49. The lowest BCUT2D eigenvalue weighted by molar-refractivity contribution is -0.147. The van der Waals surface area contributed by atoms with Crippen LogP contribution >= 0.6 is 0 Å². The Balaban J connectivity index is 1.80. The van der Waals surface area contributed by atoms with Crippen LogP contribution in [0.3, 0.4) is 0 Å². The first kappa shape index (κ1) is 11.9. The topological polar surface area (TPSA) is 38.7 Å². The number of hydrogen-bond acceptors (Lipinski definition) is 3. The molecule has 0 saturated heterocycles. The van der Waals surface area contributed by atoms with E-state index in [1.165, 1.54) is 12.1 Å². The molecule has 0 bridgehead atoms. The van der Waals surface area contributed by atoms with Gasteiger partial charge in [-0.25, -0.2) is 4.39 Å². The maximum atomic E-state index is 13.2. The van der Waals surface area contributed by atoms with Crippen LogP contribution in [0.25, 0.3) is 0 Å². The fourth-order valence-corrected chi connectivity index (χ4v) is 2.98. The van der Waals surface area contributed by atoms with Gasteiger partial charge in [0.25, 0.3) is 0 Å². The van der Waals surface area contributed by atoms with E-state index in [4.69, 9.17) is 9.47 Å². The van der Waals surface area contributed by atoms with Crippen molar-refractivity contribution in [3.05, 3.63) is 29.6 Å². The molecular weight excluding hydrogens is 235 g/mol. The summed E-state index contributed by atoms with van der Waals surface area (Å²) >= 11 is 0. The van der Waals surface area contributed by atoms with Crippen molar-refractivity contribution in [2.24, 2.45) is 0 Å². The van der Waals surface area contributed by atoms with E-state index >= 15 is 0 Å². The average molecular weight is 252 g/mol. The van der Waals surface area contributed by atoms with E-state index in [0.717, 1.165) is 12.8 Å². The molecule has 0 amide bonds. The Morgan fingerprint density at radius 3 is 2.94 bits per heavy atom. The van der Waals surface area contributed by atoms with E-state index in [-0.39, 0.29) is 17.5 Å². The lowest BCUT2D eigenvalue weighted by Gasteiger charge is -2.50. The lowest BCUT2D eigenvalue weighted by atomic mass is 9.71. The van der Waals surface area contributed by atoms with Crippen molar-refractivity contribution in [1.29, 1.82) is 0 Å². The minimum absolute atomic E-state index is 0.206. The molecule has 1 atom stereocenters. The standard InChI is InChI=1S/C14H17FO3/c1-2-17-10-6-14(7-10)8-12(16)11-4-3-9(15)5-13(11)18-14/h3-5,10,12,16H,2,6-8H2,1H3/t10?,12-,14?/m1/s1. The van der Waals surface area contributed by atoms with Crippen molar-refractivity contribution in [1.82, 2.24) is 0 Å². The molecule has 18 heavy (non-hydrogen) atoms. The second-order valence-electron chi connectivity index (χ2n) is 5.17. The van der Waals surface area contributed by atoms with Crippen molar-refractivity contribution in [3.8, 4) is 5.75 Å². The Kier molecular flexibility index (Phi) is 2.79. The van der Waals surface area contributed by atoms with E-state index in [1.54, 1.807) is 6.07 Å². The summed E-state index contributed by atoms with van der Waals surface area (Å²) in [6.45, 7) is 2.65. The van der Waals surface area contributed by atoms with E-state index in [9.17, 15) is 9.50 Å². The molecule has 1 aliphatic carbocycles. The molecule has 3 nitrogen and oxygen atoms in total. The second-order valence-corrected chi connectivity index (χ2v) is 5.17. The third-order valence-electron chi connectivity index (χ3n) is 3.83. The van der Waals surface area contributed by atoms with Crippen LogP contribution in [-0.2, 0) is 4.74 Å². The Morgan fingerprint density at radius 1 is 1.44 bits per heavy atom. The van der Waals surface area contributed by atoms with Crippen molar-refractivity contribution in [2.75, 3.05) is 6.61 Å². The number of halogens is 1. The molecule has 98 valence electrons. The maximum Gasteiger partial charge on any atom is 0.128 e. The zero-order chi connectivity index (χ0) is 12.8. The number of fused-ring (bicyclic) bond motifs is 1. The molecule has 1 spiro atoms. The van der Waals surface area contributed by atoms with Gasteiger partial charge in [0.1, 0.15) is 17.2 Å². The summed E-state index contributed by atoms with van der Waals surface area (Å²) in [6.07, 6.45) is 1.74. The van der Waals surface area contributed by atoms with E-state index in [0.29, 0.717) is 24.3 Å². The predicted octanol–water partition coefficient (Wildman–Crippen LogP) is 2.58. The molecule has 1 heterocycles. The Bertz CT molecular complexity index is 454. The lowest BCUT2D eigenvalue weighted by Crippen LogP contribution is -2.55. The number of benzene rings is 1. The van der Waals surface area contributed by atoms with Crippen LogP contribution in [0.2, 0.25) is 0 Å². The van der Waals surface area contributed by atoms with Gasteiger partial charge in [-0.05, 0) is 19.1 Å². The smallest absolute Gasteiger partial charge is 0.128 e. The van der Waals surface area contributed by atoms with Crippen molar-refractivity contribution >= 4 is 0 Å². The Hall–Kier alpha value is -1.13. The summed E-state index contributed by atoms with van der Waals surface area (Å²) in [7, 11) is 0. The first-order valence-electron chi connectivity index (χ1n) is 6.40. The molecular formula is C14H17FO3. The molecule has 3 rings (SSSR count). The molecule has 1 aliphatic heterocycles. The van der Waals surface area contributed by atoms with Gasteiger partial charge in [0.05, 0.1) is 12.2 Å². The molecule has 0 radical (unpaired) electrons. The number of aliphatic hydroxyl groups is 1. The summed E-state index contributed by atoms with van der Waals surface area (Å²) in [5.41, 5.74) is 0.321. The first-order valence-corrected chi connectivity index (χ1v) is 6.40. The minimum atomic E-state index is -0.572. The van der Waals surface area contributed by atoms with Crippen LogP contribution in [0, 0.1) is 5.82 Å². The normalized spacial score (nSPS) is 33.7. The highest BCUT2D eigenvalue weighted by atomic mass is 19.1. The van der Waals surface area contributed by atoms with Crippen LogP contribution in [0.1, 0.15) is 37.9 Å². The molecule has 0 unspecified atom stereocenters. The molecule has 4 heteroatoms. The molecule has 1 saturated carbocycles. The van der Waals surface area contributed by atoms with Crippen LogP contribution in [0.15, 0.2) is 18.2 Å². The number of rotatable bonds is 2. The first-order chi connectivity index (χ1) is 8.62. The van der Waals surface area contributed by atoms with Crippen LogP contribution < -0.4 is 4.74 Å². The highest BCUT2D eigenvalue weighted by Gasteiger charge is 2.51. The maximum absolute atomic E-state index is 13.2. The SMILES string of the molecule is CCOC1CC2(C1)C[C@@H](O)c1ccc(F)cc1O2. The Labute approximate surface area is 106 Å². The van der Waals surface area contributed by atoms with E-state index < -0.39 is 6.10 Å². The third-order valence-corrected chi connectivity index (χ3v) is 3.83.